The van der Waals surface area contributed by atoms with Crippen LogP contribution in [-0.2, 0) is 5.75 Å². The van der Waals surface area contributed by atoms with Gasteiger partial charge < -0.3 is 10.2 Å². The molecule has 0 amide bonds. The van der Waals surface area contributed by atoms with Crippen molar-refractivity contribution in [3.8, 4) is 0 Å². The second kappa shape index (κ2) is 7.75. The first-order chi connectivity index (χ1) is 11.6. The number of benzene rings is 1. The van der Waals surface area contributed by atoms with Crippen molar-refractivity contribution >= 4 is 29.1 Å². The highest BCUT2D eigenvalue weighted by Gasteiger charge is 2.12. The summed E-state index contributed by atoms with van der Waals surface area (Å²) >= 11 is 1.78. The monoisotopic (exact) mass is 344 g/mol. The van der Waals surface area contributed by atoms with Gasteiger partial charge in [-0.3, -0.25) is 9.78 Å². The van der Waals surface area contributed by atoms with Gasteiger partial charge in [0.2, 0.25) is 5.95 Å². The Bertz CT molecular complexity index is 721. The molecule has 1 aromatic heterocycles. The number of hydrogen-bond donors (Lipinski definition) is 2. The van der Waals surface area contributed by atoms with Crippen molar-refractivity contribution in [2.75, 3.05) is 23.3 Å². The number of hydrogen-bond acceptors (Lipinski definition) is 5. The zero-order valence-corrected chi connectivity index (χ0v) is 15.0. The van der Waals surface area contributed by atoms with Gasteiger partial charge in [-0.1, -0.05) is 13.8 Å². The summed E-state index contributed by atoms with van der Waals surface area (Å²) in [6.45, 7) is 6.55. The molecule has 1 aliphatic heterocycles. The molecule has 24 heavy (non-hydrogen) atoms. The first kappa shape index (κ1) is 16.9. The average molecular weight is 344 g/mol. The van der Waals surface area contributed by atoms with Crippen molar-refractivity contribution < 1.29 is 0 Å². The molecule has 0 unspecified atom stereocenters. The van der Waals surface area contributed by atoms with Crippen molar-refractivity contribution in [2.45, 2.75) is 37.7 Å². The lowest BCUT2D eigenvalue weighted by atomic mass is 10.2. The topological polar surface area (TPSA) is 61.0 Å². The van der Waals surface area contributed by atoms with E-state index in [0.717, 1.165) is 30.2 Å². The van der Waals surface area contributed by atoms with Gasteiger partial charge in [0, 0.05) is 36.3 Å². The average Bonchev–Trinajstić information content (AvgIpc) is 3.08. The molecule has 1 aromatic carbocycles. The van der Waals surface area contributed by atoms with E-state index in [9.17, 15) is 4.79 Å². The molecule has 2 aromatic rings. The van der Waals surface area contributed by atoms with Gasteiger partial charge >= 0.3 is 0 Å². The van der Waals surface area contributed by atoms with E-state index in [0.29, 0.717) is 11.2 Å². The largest absolute Gasteiger partial charge is 0.372 e. The molecule has 3 rings (SSSR count). The van der Waals surface area contributed by atoms with E-state index >= 15 is 0 Å². The SMILES string of the molecule is CC(C)SCc1cc(=O)[nH]c(Nc2ccc(N3CCCC3)cc2)n1. The molecule has 0 aliphatic carbocycles. The van der Waals surface area contributed by atoms with Crippen LogP contribution in [-0.4, -0.2) is 28.3 Å². The van der Waals surface area contributed by atoms with Gasteiger partial charge in [0.15, 0.2) is 0 Å². The van der Waals surface area contributed by atoms with Crippen LogP contribution in [0.4, 0.5) is 17.3 Å². The first-order valence-electron chi connectivity index (χ1n) is 8.44. The van der Waals surface area contributed by atoms with Gasteiger partial charge in [-0.15, -0.1) is 0 Å². The van der Waals surface area contributed by atoms with Crippen LogP contribution in [0.15, 0.2) is 35.1 Å². The standard InChI is InChI=1S/C18H24N4OS/c1-13(2)24-12-15-11-17(23)21-18(20-15)19-14-5-7-16(8-6-14)22-9-3-4-10-22/h5-8,11,13H,3-4,9-10,12H2,1-2H3,(H2,19,20,21,23). The second-order valence-electron chi connectivity index (χ2n) is 6.31. The number of nitrogens with zero attached hydrogens (tertiary/aromatic N) is 2. The van der Waals surface area contributed by atoms with Gasteiger partial charge in [-0.05, 0) is 42.4 Å². The summed E-state index contributed by atoms with van der Waals surface area (Å²) in [7, 11) is 0. The van der Waals surface area contributed by atoms with Crippen LogP contribution in [0.25, 0.3) is 0 Å². The molecule has 1 fully saturated rings. The number of nitrogens with one attached hydrogen (secondary N) is 2. The third kappa shape index (κ3) is 4.54. The summed E-state index contributed by atoms with van der Waals surface area (Å²) < 4.78 is 0. The third-order valence-corrected chi connectivity index (χ3v) is 5.09. The van der Waals surface area contributed by atoms with E-state index in [1.165, 1.54) is 18.5 Å². The molecule has 1 saturated heterocycles. The summed E-state index contributed by atoms with van der Waals surface area (Å²) in [6.07, 6.45) is 2.54. The minimum Gasteiger partial charge on any atom is -0.372 e. The summed E-state index contributed by atoms with van der Waals surface area (Å²) in [5.41, 5.74) is 2.85. The maximum absolute atomic E-state index is 11.8. The number of H-pyrrole nitrogens is 1. The van der Waals surface area contributed by atoms with Crippen molar-refractivity contribution in [1.82, 2.24) is 9.97 Å². The number of thioether (sulfide) groups is 1. The Morgan fingerprint density at radius 3 is 2.62 bits per heavy atom. The summed E-state index contributed by atoms with van der Waals surface area (Å²) in [5, 5.41) is 3.71. The van der Waals surface area contributed by atoms with E-state index in [2.05, 4.69) is 46.2 Å². The van der Waals surface area contributed by atoms with Crippen molar-refractivity contribution in [2.24, 2.45) is 0 Å². The minimum absolute atomic E-state index is 0.124. The number of anilines is 3. The van der Waals surface area contributed by atoms with Crippen LogP contribution >= 0.6 is 11.8 Å². The molecule has 2 N–H and O–H groups in total. The Morgan fingerprint density at radius 1 is 1.25 bits per heavy atom. The number of rotatable bonds is 6. The van der Waals surface area contributed by atoms with Crippen molar-refractivity contribution in [3.63, 3.8) is 0 Å². The highest BCUT2D eigenvalue weighted by Crippen LogP contribution is 2.23. The molecule has 1 aliphatic rings. The highest BCUT2D eigenvalue weighted by molar-refractivity contribution is 7.99. The van der Waals surface area contributed by atoms with Crippen LogP contribution in [0.3, 0.4) is 0 Å². The highest BCUT2D eigenvalue weighted by atomic mass is 32.2. The lowest BCUT2D eigenvalue weighted by Gasteiger charge is -2.17. The molecule has 128 valence electrons. The molecule has 2 heterocycles. The van der Waals surface area contributed by atoms with Gasteiger partial charge in [0.1, 0.15) is 0 Å². The molecule has 0 bridgehead atoms. The van der Waals surface area contributed by atoms with E-state index in [4.69, 9.17) is 0 Å². The van der Waals surface area contributed by atoms with Gasteiger partial charge in [0.05, 0.1) is 5.69 Å². The Kier molecular flexibility index (Phi) is 5.45. The van der Waals surface area contributed by atoms with Crippen LogP contribution in [0.2, 0.25) is 0 Å². The summed E-state index contributed by atoms with van der Waals surface area (Å²) in [6, 6.07) is 9.86. The maximum Gasteiger partial charge on any atom is 0.252 e. The summed E-state index contributed by atoms with van der Waals surface area (Å²) in [4.78, 5) is 21.5. The predicted octanol–water partition coefficient (Wildman–Crippen LogP) is 3.76. The van der Waals surface area contributed by atoms with Crippen LogP contribution in [0.5, 0.6) is 0 Å². The normalized spacial score (nSPS) is 14.4. The predicted molar refractivity (Wildman–Crippen MR) is 102 cm³/mol. The molecule has 0 radical (unpaired) electrons. The first-order valence-corrected chi connectivity index (χ1v) is 9.49. The van der Waals surface area contributed by atoms with Gasteiger partial charge in [0.25, 0.3) is 5.56 Å². The van der Waals surface area contributed by atoms with E-state index in [1.807, 2.05) is 12.1 Å². The van der Waals surface area contributed by atoms with E-state index in [-0.39, 0.29) is 5.56 Å². The van der Waals surface area contributed by atoms with E-state index in [1.54, 1.807) is 17.8 Å². The Labute approximate surface area is 146 Å². The number of aromatic nitrogens is 2. The molecule has 0 spiro atoms. The zero-order valence-electron chi connectivity index (χ0n) is 14.2. The van der Waals surface area contributed by atoms with Gasteiger partial charge in [-0.25, -0.2) is 4.98 Å². The Hall–Kier alpha value is -1.95. The lowest BCUT2D eigenvalue weighted by molar-refractivity contribution is 0.949. The molecule has 6 heteroatoms. The van der Waals surface area contributed by atoms with Gasteiger partial charge in [-0.2, -0.15) is 11.8 Å². The zero-order chi connectivity index (χ0) is 16.9. The number of aromatic amines is 1. The molecular formula is C18H24N4OS. The Morgan fingerprint density at radius 2 is 1.96 bits per heavy atom. The van der Waals surface area contributed by atoms with Crippen molar-refractivity contribution in [1.29, 1.82) is 0 Å². The smallest absolute Gasteiger partial charge is 0.252 e. The molecule has 5 nitrogen and oxygen atoms in total. The van der Waals surface area contributed by atoms with Crippen LogP contribution < -0.4 is 15.8 Å². The minimum atomic E-state index is -0.124. The fourth-order valence-corrected chi connectivity index (χ4v) is 3.41. The molecule has 0 atom stereocenters. The quantitative estimate of drug-likeness (QED) is 0.835. The third-order valence-electron chi connectivity index (χ3n) is 3.96. The van der Waals surface area contributed by atoms with Crippen LogP contribution in [0.1, 0.15) is 32.4 Å². The lowest BCUT2D eigenvalue weighted by Crippen LogP contribution is -2.17. The maximum atomic E-state index is 11.8. The summed E-state index contributed by atoms with van der Waals surface area (Å²) in [5.74, 6) is 1.24. The molecule has 0 saturated carbocycles. The molecular weight excluding hydrogens is 320 g/mol. The van der Waals surface area contributed by atoms with Crippen LogP contribution in [0, 0.1) is 0 Å². The second-order valence-corrected chi connectivity index (χ2v) is 7.88. The fraction of sp³-hybridized carbons (Fsp3) is 0.444. The fourth-order valence-electron chi connectivity index (χ4n) is 2.76. The van der Waals surface area contributed by atoms with Crippen molar-refractivity contribution in [3.05, 3.63) is 46.4 Å². The van der Waals surface area contributed by atoms with E-state index < -0.39 is 0 Å². The Balaban J connectivity index is 1.69.